The third kappa shape index (κ3) is 5.28. The first-order valence-corrected chi connectivity index (χ1v) is 12.8. The van der Waals surface area contributed by atoms with Crippen LogP contribution in [-0.2, 0) is 21.4 Å². The molecule has 0 radical (unpaired) electrons. The normalized spacial score (nSPS) is 11.2. The predicted molar refractivity (Wildman–Crippen MR) is 141 cm³/mol. The van der Waals surface area contributed by atoms with Gasteiger partial charge in [-0.1, -0.05) is 60.2 Å². The topological polar surface area (TPSA) is 84.9 Å². The van der Waals surface area contributed by atoms with Crippen LogP contribution in [0.15, 0.2) is 89.8 Å². The van der Waals surface area contributed by atoms with Crippen molar-refractivity contribution in [2.24, 2.45) is 0 Å². The summed E-state index contributed by atoms with van der Waals surface area (Å²) in [6.07, 6.45) is 0. The van der Waals surface area contributed by atoms with Crippen LogP contribution in [0.3, 0.4) is 0 Å². The molecule has 4 aromatic rings. The highest BCUT2D eigenvalue weighted by molar-refractivity contribution is 7.92. The Bertz CT molecular complexity index is 1480. The van der Waals surface area contributed by atoms with Crippen molar-refractivity contribution in [3.63, 3.8) is 0 Å². The van der Waals surface area contributed by atoms with E-state index in [1.165, 1.54) is 26.4 Å². The van der Waals surface area contributed by atoms with Gasteiger partial charge in [0.25, 0.3) is 10.0 Å². The number of carbonyl (C=O) groups is 1. The Kier molecular flexibility index (Phi) is 7.45. The molecule has 0 saturated carbocycles. The van der Waals surface area contributed by atoms with E-state index >= 15 is 0 Å². The quantitative estimate of drug-likeness (QED) is 0.358. The number of carbonyl (C=O) groups excluding carboxylic acids is 1. The summed E-state index contributed by atoms with van der Waals surface area (Å²) < 4.78 is 39.0. The van der Waals surface area contributed by atoms with E-state index in [0.717, 1.165) is 26.2 Å². The van der Waals surface area contributed by atoms with E-state index in [1.54, 1.807) is 30.3 Å². The minimum atomic E-state index is -4.05. The van der Waals surface area contributed by atoms with Crippen molar-refractivity contribution in [1.29, 1.82) is 0 Å². The number of nitrogens with zero attached hydrogens (tertiary/aromatic N) is 1. The lowest BCUT2D eigenvalue weighted by Crippen LogP contribution is -2.40. The summed E-state index contributed by atoms with van der Waals surface area (Å²) >= 11 is 0. The van der Waals surface area contributed by atoms with Gasteiger partial charge in [-0.2, -0.15) is 0 Å². The Morgan fingerprint density at radius 1 is 0.861 bits per heavy atom. The number of nitrogens with one attached hydrogen (secondary N) is 1. The molecule has 0 aromatic heterocycles. The monoisotopic (exact) mass is 504 g/mol. The lowest BCUT2D eigenvalue weighted by molar-refractivity contribution is -0.119. The maximum atomic E-state index is 13.7. The molecule has 0 aliphatic rings. The van der Waals surface area contributed by atoms with Crippen LogP contribution in [0.1, 0.15) is 11.1 Å². The highest BCUT2D eigenvalue weighted by Crippen LogP contribution is 2.33. The molecule has 8 heteroatoms. The summed E-state index contributed by atoms with van der Waals surface area (Å²) in [6, 6.07) is 25.0. The van der Waals surface area contributed by atoms with Crippen LogP contribution < -0.4 is 19.1 Å². The zero-order valence-corrected chi connectivity index (χ0v) is 21.2. The van der Waals surface area contributed by atoms with Gasteiger partial charge in [-0.3, -0.25) is 9.10 Å². The molecule has 0 saturated heterocycles. The van der Waals surface area contributed by atoms with Crippen molar-refractivity contribution in [1.82, 2.24) is 5.32 Å². The molecule has 4 aromatic carbocycles. The predicted octanol–water partition coefficient (Wildman–Crippen LogP) is 4.68. The maximum absolute atomic E-state index is 13.7. The Hall–Kier alpha value is -4.04. The zero-order chi connectivity index (χ0) is 25.7. The van der Waals surface area contributed by atoms with Gasteiger partial charge in [-0.25, -0.2) is 8.42 Å². The van der Waals surface area contributed by atoms with Gasteiger partial charge in [0.15, 0.2) is 11.5 Å². The summed E-state index contributed by atoms with van der Waals surface area (Å²) in [5.74, 6) is 0.373. The van der Waals surface area contributed by atoms with Gasteiger partial charge < -0.3 is 14.8 Å². The number of ether oxygens (including phenoxy) is 2. The van der Waals surface area contributed by atoms with E-state index in [-0.39, 0.29) is 17.1 Å². The molecule has 1 N–H and O–H groups in total. The van der Waals surface area contributed by atoms with Gasteiger partial charge in [-0.15, -0.1) is 0 Å². The number of benzene rings is 4. The Morgan fingerprint density at radius 3 is 2.28 bits per heavy atom. The molecule has 0 aliphatic heterocycles. The van der Waals surface area contributed by atoms with E-state index in [0.29, 0.717) is 11.5 Å². The van der Waals surface area contributed by atoms with Crippen LogP contribution in [-0.4, -0.2) is 35.1 Å². The van der Waals surface area contributed by atoms with Gasteiger partial charge in [0.2, 0.25) is 5.91 Å². The second-order valence-corrected chi connectivity index (χ2v) is 10.1. The fourth-order valence-corrected chi connectivity index (χ4v) is 5.37. The molecule has 36 heavy (non-hydrogen) atoms. The van der Waals surface area contributed by atoms with Crippen molar-refractivity contribution >= 4 is 32.4 Å². The SMILES string of the molecule is COc1ccc(N(CC(=O)NCc2cccc3ccccc23)S(=O)(=O)c2ccc(C)cc2)cc1OC. The highest BCUT2D eigenvalue weighted by atomic mass is 32.2. The van der Waals surface area contributed by atoms with Crippen LogP contribution >= 0.6 is 0 Å². The van der Waals surface area contributed by atoms with Gasteiger partial charge in [0.05, 0.1) is 24.8 Å². The summed E-state index contributed by atoms with van der Waals surface area (Å²) in [5, 5.41) is 4.97. The molecule has 0 atom stereocenters. The number of hydrogen-bond donors (Lipinski definition) is 1. The first kappa shape index (κ1) is 25.1. The molecule has 0 spiro atoms. The van der Waals surface area contributed by atoms with Gasteiger partial charge in [-0.05, 0) is 47.5 Å². The molecule has 0 aliphatic carbocycles. The second kappa shape index (κ2) is 10.7. The average molecular weight is 505 g/mol. The average Bonchev–Trinajstić information content (AvgIpc) is 2.90. The number of methoxy groups -OCH3 is 2. The van der Waals surface area contributed by atoms with E-state index < -0.39 is 22.5 Å². The first-order valence-electron chi connectivity index (χ1n) is 11.4. The molecule has 0 unspecified atom stereocenters. The zero-order valence-electron chi connectivity index (χ0n) is 20.4. The largest absolute Gasteiger partial charge is 0.493 e. The molecule has 4 rings (SSSR count). The van der Waals surface area contributed by atoms with Crippen LogP contribution in [0.2, 0.25) is 0 Å². The number of sulfonamides is 1. The lowest BCUT2D eigenvalue weighted by Gasteiger charge is -2.25. The van der Waals surface area contributed by atoms with Crippen molar-refractivity contribution in [2.75, 3.05) is 25.1 Å². The highest BCUT2D eigenvalue weighted by Gasteiger charge is 2.28. The van der Waals surface area contributed by atoms with E-state index in [2.05, 4.69) is 5.32 Å². The maximum Gasteiger partial charge on any atom is 0.264 e. The van der Waals surface area contributed by atoms with Gasteiger partial charge >= 0.3 is 0 Å². The van der Waals surface area contributed by atoms with E-state index in [1.807, 2.05) is 49.4 Å². The lowest BCUT2D eigenvalue weighted by atomic mass is 10.0. The smallest absolute Gasteiger partial charge is 0.264 e. The standard InChI is InChI=1S/C28H28N2O5S/c1-20-11-14-24(15-12-20)36(32,33)30(23-13-16-26(34-2)27(17-23)35-3)19-28(31)29-18-22-9-6-8-21-7-4-5-10-25(21)22/h4-17H,18-19H2,1-3H3,(H,29,31). The van der Waals surface area contributed by atoms with Crippen LogP contribution in [0.25, 0.3) is 10.8 Å². The summed E-state index contributed by atoms with van der Waals surface area (Å²) in [4.78, 5) is 13.2. The molecule has 0 bridgehead atoms. The third-order valence-electron chi connectivity index (χ3n) is 5.91. The van der Waals surface area contributed by atoms with Gasteiger partial charge in [0.1, 0.15) is 6.54 Å². The van der Waals surface area contributed by atoms with E-state index in [4.69, 9.17) is 9.47 Å². The fourth-order valence-electron chi connectivity index (χ4n) is 3.96. The third-order valence-corrected chi connectivity index (χ3v) is 7.70. The molecule has 186 valence electrons. The van der Waals surface area contributed by atoms with Crippen molar-refractivity contribution in [3.05, 3.63) is 96.1 Å². The number of rotatable bonds is 9. The minimum absolute atomic E-state index is 0.0877. The summed E-state index contributed by atoms with van der Waals surface area (Å²) in [5.41, 5.74) is 2.16. The molecular formula is C28H28N2O5S. The van der Waals surface area contributed by atoms with Crippen LogP contribution in [0.4, 0.5) is 5.69 Å². The number of hydrogen-bond acceptors (Lipinski definition) is 5. The van der Waals surface area contributed by atoms with Crippen molar-refractivity contribution in [3.8, 4) is 11.5 Å². The second-order valence-electron chi connectivity index (χ2n) is 8.28. The summed E-state index contributed by atoms with van der Waals surface area (Å²) in [7, 11) is -1.08. The number of amides is 1. The Balaban J connectivity index is 1.64. The molecule has 1 amide bonds. The van der Waals surface area contributed by atoms with Crippen LogP contribution in [0.5, 0.6) is 11.5 Å². The molecule has 0 heterocycles. The fraction of sp³-hybridized carbons (Fsp3) is 0.179. The summed E-state index contributed by atoms with van der Waals surface area (Å²) in [6.45, 7) is 1.74. The molecule has 7 nitrogen and oxygen atoms in total. The molecular weight excluding hydrogens is 476 g/mol. The number of anilines is 1. The number of fused-ring (bicyclic) bond motifs is 1. The van der Waals surface area contributed by atoms with Crippen molar-refractivity contribution in [2.45, 2.75) is 18.4 Å². The Morgan fingerprint density at radius 2 is 1.56 bits per heavy atom. The minimum Gasteiger partial charge on any atom is -0.493 e. The van der Waals surface area contributed by atoms with Crippen LogP contribution in [0, 0.1) is 6.92 Å². The molecule has 0 fully saturated rings. The van der Waals surface area contributed by atoms with Gasteiger partial charge in [0, 0.05) is 12.6 Å². The first-order chi connectivity index (χ1) is 17.3. The number of aryl methyl sites for hydroxylation is 1. The Labute approximate surface area is 211 Å². The van der Waals surface area contributed by atoms with Crippen molar-refractivity contribution < 1.29 is 22.7 Å². The van der Waals surface area contributed by atoms with E-state index in [9.17, 15) is 13.2 Å².